The van der Waals surface area contributed by atoms with Gasteiger partial charge in [-0.25, -0.2) is 4.79 Å². The van der Waals surface area contributed by atoms with Gasteiger partial charge in [-0.2, -0.15) is 0 Å². The van der Waals surface area contributed by atoms with Gasteiger partial charge in [-0.1, -0.05) is 38.4 Å². The first-order valence-corrected chi connectivity index (χ1v) is 16.0. The summed E-state index contributed by atoms with van der Waals surface area (Å²) in [4.78, 5) is 35.2. The zero-order chi connectivity index (χ0) is 28.9. The highest BCUT2D eigenvalue weighted by Crippen LogP contribution is 2.66. The van der Waals surface area contributed by atoms with Crippen molar-refractivity contribution in [2.45, 2.75) is 98.4 Å². The summed E-state index contributed by atoms with van der Waals surface area (Å²) in [6.07, 6.45) is 11.6. The van der Waals surface area contributed by atoms with E-state index < -0.39 is 0 Å². The van der Waals surface area contributed by atoms with Crippen LogP contribution in [-0.2, 0) is 9.63 Å². The monoisotopic (exact) mass is 554 g/mol. The maximum Gasteiger partial charge on any atom is 0.436 e. The van der Waals surface area contributed by atoms with E-state index in [0.717, 1.165) is 50.4 Å². The van der Waals surface area contributed by atoms with Crippen molar-refractivity contribution in [1.82, 2.24) is 15.1 Å². The van der Waals surface area contributed by atoms with Gasteiger partial charge in [-0.15, -0.1) is 0 Å². The summed E-state index contributed by atoms with van der Waals surface area (Å²) in [6, 6.07) is 0.256. The van der Waals surface area contributed by atoms with Gasteiger partial charge in [0, 0.05) is 38.0 Å². The second kappa shape index (κ2) is 11.2. The summed E-state index contributed by atoms with van der Waals surface area (Å²) in [5, 5.41) is 8.13. The van der Waals surface area contributed by atoms with Crippen LogP contribution in [0, 0.1) is 39.9 Å². The molecule has 0 aromatic carbocycles. The number of nitrogens with zero attached hydrogens (tertiary/aromatic N) is 3. The first kappa shape index (κ1) is 29.8. The summed E-state index contributed by atoms with van der Waals surface area (Å²) in [7, 11) is 4.07. The van der Waals surface area contributed by atoms with Crippen molar-refractivity contribution in [3.05, 3.63) is 11.6 Å². The summed E-state index contributed by atoms with van der Waals surface area (Å²) < 4.78 is 0. The standard InChI is InChI=1S/C33H54N4O3/c1-22(35-40-30(39)37(19-18-36(6)7)21-29-31(2,3)16-17-34-29)26-10-11-27-25-9-8-23-20-24(38)12-14-32(23,4)28(25)13-15-33(26,27)5/h20,25-29,34H,8-19,21H2,1-7H3/b35-22+/t25-,26+,27-,28-,29?,32-,33+/m0/s1. The quantitative estimate of drug-likeness (QED) is 0.241. The van der Waals surface area contributed by atoms with E-state index in [1.807, 2.05) is 25.1 Å². The van der Waals surface area contributed by atoms with Crippen LogP contribution in [0.1, 0.15) is 92.4 Å². The Morgan fingerprint density at radius 2 is 1.80 bits per heavy atom. The van der Waals surface area contributed by atoms with Gasteiger partial charge in [0.15, 0.2) is 5.78 Å². The highest BCUT2D eigenvalue weighted by Gasteiger charge is 2.59. The van der Waals surface area contributed by atoms with Gasteiger partial charge >= 0.3 is 6.09 Å². The number of hydrogen-bond acceptors (Lipinski definition) is 6. The molecule has 0 aromatic rings. The predicted molar refractivity (Wildman–Crippen MR) is 160 cm³/mol. The molecule has 0 radical (unpaired) electrons. The van der Waals surface area contributed by atoms with Crippen LogP contribution in [0.15, 0.2) is 16.8 Å². The fourth-order valence-corrected chi connectivity index (χ4v) is 9.61. The van der Waals surface area contributed by atoms with Gasteiger partial charge in [0.2, 0.25) is 0 Å². The Kier molecular flexibility index (Phi) is 8.30. The molecule has 4 fully saturated rings. The van der Waals surface area contributed by atoms with Gasteiger partial charge < -0.3 is 15.1 Å². The van der Waals surface area contributed by atoms with Crippen molar-refractivity contribution >= 4 is 17.6 Å². The number of fused-ring (bicyclic) bond motifs is 5. The average Bonchev–Trinajstić information content (AvgIpc) is 3.42. The third kappa shape index (κ3) is 5.42. The Morgan fingerprint density at radius 1 is 1.02 bits per heavy atom. The number of nitrogens with one attached hydrogen (secondary N) is 1. The maximum atomic E-state index is 13.3. The van der Waals surface area contributed by atoms with Crippen molar-refractivity contribution in [2.75, 3.05) is 40.3 Å². The Balaban J connectivity index is 1.26. The van der Waals surface area contributed by atoms with Gasteiger partial charge in [0.05, 0.1) is 5.71 Å². The SMILES string of the molecule is C/C(=N\OC(=O)N(CCN(C)C)CC1NCCC1(C)C)[C@H]1CC[C@H]2[C@@H]3CCC4=CC(=O)CC[C@]4(C)[C@H]3CC[C@]12C. The van der Waals surface area contributed by atoms with Crippen molar-refractivity contribution in [1.29, 1.82) is 0 Å². The molecule has 1 aliphatic heterocycles. The number of hydrogen-bond donors (Lipinski definition) is 1. The second-order valence-corrected chi connectivity index (χ2v) is 15.2. The molecule has 224 valence electrons. The second-order valence-electron chi connectivity index (χ2n) is 15.2. The number of carbonyl (C=O) groups is 2. The van der Waals surface area contributed by atoms with Crippen molar-refractivity contribution in [2.24, 2.45) is 45.1 Å². The smallest absolute Gasteiger partial charge is 0.312 e. The number of ketones is 1. The van der Waals surface area contributed by atoms with Crippen LogP contribution in [0.2, 0.25) is 0 Å². The third-order valence-corrected chi connectivity index (χ3v) is 12.3. The van der Waals surface area contributed by atoms with Gasteiger partial charge in [0.25, 0.3) is 0 Å². The molecule has 3 saturated carbocycles. The third-order valence-electron chi connectivity index (χ3n) is 12.3. The average molecular weight is 555 g/mol. The molecule has 7 nitrogen and oxygen atoms in total. The van der Waals surface area contributed by atoms with Crippen LogP contribution in [0.25, 0.3) is 0 Å². The number of carbonyl (C=O) groups excluding carboxylic acids is 2. The Hall–Kier alpha value is -1.73. The van der Waals surface area contributed by atoms with Crippen LogP contribution in [0.5, 0.6) is 0 Å². The number of oxime groups is 1. The van der Waals surface area contributed by atoms with E-state index in [-0.39, 0.29) is 28.4 Å². The van der Waals surface area contributed by atoms with Crippen molar-refractivity contribution in [3.63, 3.8) is 0 Å². The molecule has 0 aromatic heterocycles. The summed E-state index contributed by atoms with van der Waals surface area (Å²) in [5.41, 5.74) is 2.97. The van der Waals surface area contributed by atoms with E-state index in [0.29, 0.717) is 43.0 Å². The normalized spacial score (nSPS) is 38.9. The zero-order valence-electron chi connectivity index (χ0n) is 26.2. The lowest BCUT2D eigenvalue weighted by Crippen LogP contribution is -2.51. The lowest BCUT2D eigenvalue weighted by molar-refractivity contribution is -0.117. The molecule has 1 heterocycles. The highest BCUT2D eigenvalue weighted by molar-refractivity contribution is 5.91. The molecule has 0 spiro atoms. The molecule has 4 aliphatic carbocycles. The lowest BCUT2D eigenvalue weighted by Gasteiger charge is -2.58. The molecule has 1 saturated heterocycles. The molecule has 1 N–H and O–H groups in total. The summed E-state index contributed by atoms with van der Waals surface area (Å²) in [6.45, 7) is 14.6. The first-order valence-electron chi connectivity index (χ1n) is 16.0. The Labute approximate surface area is 242 Å². The van der Waals surface area contributed by atoms with Crippen LogP contribution >= 0.6 is 0 Å². The minimum Gasteiger partial charge on any atom is -0.312 e. The molecular formula is C33H54N4O3. The topological polar surface area (TPSA) is 74.2 Å². The molecule has 7 atom stereocenters. The van der Waals surface area contributed by atoms with Crippen LogP contribution in [0.3, 0.4) is 0 Å². The van der Waals surface area contributed by atoms with Gasteiger partial charge in [0.1, 0.15) is 0 Å². The van der Waals surface area contributed by atoms with E-state index in [1.54, 1.807) is 0 Å². The maximum absolute atomic E-state index is 13.3. The fourth-order valence-electron chi connectivity index (χ4n) is 9.61. The minimum atomic E-state index is -0.333. The molecule has 5 rings (SSSR count). The molecule has 40 heavy (non-hydrogen) atoms. The highest BCUT2D eigenvalue weighted by atomic mass is 16.7. The molecular weight excluding hydrogens is 500 g/mol. The van der Waals surface area contributed by atoms with E-state index in [1.165, 1.54) is 31.3 Å². The van der Waals surface area contributed by atoms with Crippen LogP contribution < -0.4 is 5.32 Å². The molecule has 5 aliphatic rings. The van der Waals surface area contributed by atoms with Gasteiger partial charge in [-0.3, -0.25) is 9.63 Å². The zero-order valence-corrected chi connectivity index (χ0v) is 26.2. The van der Waals surface area contributed by atoms with E-state index >= 15 is 0 Å². The Bertz CT molecular complexity index is 1050. The number of allylic oxidation sites excluding steroid dienone is 1. The molecule has 1 unspecified atom stereocenters. The number of likely N-dealkylation sites (N-methyl/N-ethyl adjacent to an activating group) is 1. The van der Waals surface area contributed by atoms with E-state index in [4.69, 9.17) is 4.84 Å². The predicted octanol–water partition coefficient (Wildman–Crippen LogP) is 5.90. The van der Waals surface area contributed by atoms with Crippen LogP contribution in [-0.4, -0.2) is 73.7 Å². The molecule has 7 heteroatoms. The van der Waals surface area contributed by atoms with Crippen molar-refractivity contribution < 1.29 is 14.4 Å². The van der Waals surface area contributed by atoms with E-state index in [9.17, 15) is 9.59 Å². The Morgan fingerprint density at radius 3 is 2.50 bits per heavy atom. The lowest BCUT2D eigenvalue weighted by atomic mass is 9.46. The van der Waals surface area contributed by atoms with E-state index in [2.05, 4.69) is 50.0 Å². The first-order chi connectivity index (χ1) is 18.8. The summed E-state index contributed by atoms with van der Waals surface area (Å²) in [5.74, 6) is 2.77. The van der Waals surface area contributed by atoms with Crippen LogP contribution in [0.4, 0.5) is 4.79 Å². The van der Waals surface area contributed by atoms with Crippen molar-refractivity contribution in [3.8, 4) is 0 Å². The minimum absolute atomic E-state index is 0.155. The molecule has 0 bridgehead atoms. The number of rotatable bonds is 7. The number of amides is 1. The summed E-state index contributed by atoms with van der Waals surface area (Å²) >= 11 is 0. The fraction of sp³-hybridized carbons (Fsp3) is 0.848. The van der Waals surface area contributed by atoms with Gasteiger partial charge in [-0.05, 0) is 119 Å². The largest absolute Gasteiger partial charge is 0.436 e. The molecule has 1 amide bonds.